The summed E-state index contributed by atoms with van der Waals surface area (Å²) in [5.74, 6) is 0.296. The fraction of sp³-hybridized carbons (Fsp3) is 0.417. The van der Waals surface area contributed by atoms with Crippen molar-refractivity contribution >= 4 is 23.4 Å². The number of nitrogens with zero attached hydrogens (tertiary/aromatic N) is 1. The smallest absolute Gasteiger partial charge is 0.261 e. The Hall–Kier alpha value is -2.53. The summed E-state index contributed by atoms with van der Waals surface area (Å²) >= 11 is 5.99. The van der Waals surface area contributed by atoms with Crippen molar-refractivity contribution in [2.45, 2.75) is 53.6 Å². The van der Waals surface area contributed by atoms with Crippen LogP contribution in [0.3, 0.4) is 0 Å². The van der Waals surface area contributed by atoms with Crippen LogP contribution in [0.5, 0.6) is 5.75 Å². The SMILES string of the molecule is CCNC(=O)[C@@H](CC)N(Cc1ccc(Cl)cc1)C(=O)COc1cc(C)cc(C)c1C. The van der Waals surface area contributed by atoms with Gasteiger partial charge in [-0.05, 0) is 74.6 Å². The van der Waals surface area contributed by atoms with E-state index in [1.165, 1.54) is 0 Å². The van der Waals surface area contributed by atoms with E-state index in [1.54, 1.807) is 17.0 Å². The third-order valence-electron chi connectivity index (χ3n) is 5.12. The predicted octanol–water partition coefficient (Wildman–Crippen LogP) is 4.59. The van der Waals surface area contributed by atoms with E-state index < -0.39 is 6.04 Å². The molecule has 0 unspecified atom stereocenters. The maximum atomic E-state index is 13.2. The van der Waals surface area contributed by atoms with E-state index in [1.807, 2.05) is 52.8 Å². The third-order valence-corrected chi connectivity index (χ3v) is 5.37. The van der Waals surface area contributed by atoms with Crippen molar-refractivity contribution in [1.82, 2.24) is 10.2 Å². The molecular formula is C24H31ClN2O3. The lowest BCUT2D eigenvalue weighted by atomic mass is 10.1. The fourth-order valence-corrected chi connectivity index (χ4v) is 3.50. The molecule has 0 saturated carbocycles. The molecule has 30 heavy (non-hydrogen) atoms. The summed E-state index contributed by atoms with van der Waals surface area (Å²) in [7, 11) is 0. The van der Waals surface area contributed by atoms with Crippen LogP contribution in [-0.4, -0.2) is 35.9 Å². The predicted molar refractivity (Wildman–Crippen MR) is 121 cm³/mol. The third kappa shape index (κ3) is 6.23. The average Bonchev–Trinajstić information content (AvgIpc) is 2.70. The first-order chi connectivity index (χ1) is 14.3. The largest absolute Gasteiger partial charge is 0.483 e. The summed E-state index contributed by atoms with van der Waals surface area (Å²) in [6, 6.07) is 10.7. The molecule has 2 amide bonds. The summed E-state index contributed by atoms with van der Waals surface area (Å²) in [6.45, 7) is 10.4. The minimum Gasteiger partial charge on any atom is -0.483 e. The molecule has 0 saturated heterocycles. The Morgan fingerprint density at radius 1 is 1.10 bits per heavy atom. The number of benzene rings is 2. The molecule has 162 valence electrons. The van der Waals surface area contributed by atoms with E-state index in [0.717, 1.165) is 22.3 Å². The Labute approximate surface area is 184 Å². The summed E-state index contributed by atoms with van der Waals surface area (Å²) in [4.78, 5) is 27.4. The van der Waals surface area contributed by atoms with Gasteiger partial charge in [-0.25, -0.2) is 0 Å². The van der Waals surface area contributed by atoms with Gasteiger partial charge in [0.2, 0.25) is 5.91 Å². The zero-order chi connectivity index (χ0) is 22.3. The molecule has 2 aromatic rings. The molecule has 0 aliphatic rings. The highest BCUT2D eigenvalue weighted by Gasteiger charge is 2.28. The van der Waals surface area contributed by atoms with Crippen LogP contribution < -0.4 is 10.1 Å². The summed E-state index contributed by atoms with van der Waals surface area (Å²) in [5, 5.41) is 3.46. The topological polar surface area (TPSA) is 58.6 Å². The van der Waals surface area contributed by atoms with Gasteiger partial charge in [0, 0.05) is 18.1 Å². The minimum atomic E-state index is -0.572. The Balaban J connectivity index is 2.24. The molecular weight excluding hydrogens is 400 g/mol. The van der Waals surface area contributed by atoms with Crippen molar-refractivity contribution in [2.24, 2.45) is 0 Å². The van der Waals surface area contributed by atoms with Crippen molar-refractivity contribution < 1.29 is 14.3 Å². The van der Waals surface area contributed by atoms with E-state index in [9.17, 15) is 9.59 Å². The van der Waals surface area contributed by atoms with E-state index in [2.05, 4.69) is 11.4 Å². The Morgan fingerprint density at radius 2 is 1.77 bits per heavy atom. The first kappa shape index (κ1) is 23.7. The molecule has 0 spiro atoms. The van der Waals surface area contributed by atoms with E-state index in [-0.39, 0.29) is 18.4 Å². The number of halogens is 1. The number of hydrogen-bond acceptors (Lipinski definition) is 3. The molecule has 2 rings (SSSR count). The van der Waals surface area contributed by atoms with E-state index >= 15 is 0 Å². The standard InChI is InChI=1S/C24H31ClN2O3/c1-6-21(24(29)26-7-2)27(14-19-8-10-20(25)11-9-19)23(28)15-30-22-13-16(3)12-17(4)18(22)5/h8-13,21H,6-7,14-15H2,1-5H3,(H,26,29)/t21-/m1/s1. The second kappa shape index (κ2) is 11.0. The number of hydrogen-bond donors (Lipinski definition) is 1. The van der Waals surface area contributed by atoms with Gasteiger partial charge >= 0.3 is 0 Å². The van der Waals surface area contributed by atoms with Crippen LogP contribution in [-0.2, 0) is 16.1 Å². The lowest BCUT2D eigenvalue weighted by Gasteiger charge is -2.30. The summed E-state index contributed by atoms with van der Waals surface area (Å²) in [5.41, 5.74) is 4.10. The number of carbonyl (C=O) groups is 2. The van der Waals surface area contributed by atoms with Gasteiger partial charge in [-0.3, -0.25) is 9.59 Å². The Kier molecular flexibility index (Phi) is 8.72. The van der Waals surface area contributed by atoms with Gasteiger partial charge in [-0.2, -0.15) is 0 Å². The lowest BCUT2D eigenvalue weighted by Crippen LogP contribution is -2.50. The van der Waals surface area contributed by atoms with Gasteiger partial charge in [-0.1, -0.05) is 36.7 Å². The van der Waals surface area contributed by atoms with Crippen molar-refractivity contribution in [3.63, 3.8) is 0 Å². The monoisotopic (exact) mass is 430 g/mol. The normalized spacial score (nSPS) is 11.7. The van der Waals surface area contributed by atoms with Crippen molar-refractivity contribution in [3.8, 4) is 5.75 Å². The van der Waals surface area contributed by atoms with Gasteiger partial charge in [0.15, 0.2) is 6.61 Å². The highest BCUT2D eigenvalue weighted by Crippen LogP contribution is 2.23. The first-order valence-corrected chi connectivity index (χ1v) is 10.7. The van der Waals surface area contributed by atoms with Gasteiger partial charge in [-0.15, -0.1) is 0 Å². The zero-order valence-corrected chi connectivity index (χ0v) is 19.2. The number of amides is 2. The number of ether oxygens (including phenoxy) is 1. The Bertz CT molecular complexity index is 881. The van der Waals surface area contributed by atoms with Crippen LogP contribution in [0.15, 0.2) is 36.4 Å². The van der Waals surface area contributed by atoms with Crippen LogP contribution >= 0.6 is 11.6 Å². The van der Waals surface area contributed by atoms with Crippen LogP contribution in [0.1, 0.15) is 42.5 Å². The van der Waals surface area contributed by atoms with E-state index in [0.29, 0.717) is 30.3 Å². The summed E-state index contributed by atoms with van der Waals surface area (Å²) in [6.07, 6.45) is 0.508. The van der Waals surface area contributed by atoms with Gasteiger partial charge < -0.3 is 15.0 Å². The molecule has 0 aliphatic heterocycles. The van der Waals surface area contributed by atoms with Crippen LogP contribution in [0.25, 0.3) is 0 Å². The number of likely N-dealkylation sites (N-methyl/N-ethyl adjacent to an activating group) is 1. The van der Waals surface area contributed by atoms with Gasteiger partial charge in [0.05, 0.1) is 0 Å². The van der Waals surface area contributed by atoms with Gasteiger partial charge in [0.25, 0.3) is 5.91 Å². The molecule has 0 aromatic heterocycles. The lowest BCUT2D eigenvalue weighted by molar-refractivity contribution is -0.142. The first-order valence-electron chi connectivity index (χ1n) is 10.3. The fourth-order valence-electron chi connectivity index (χ4n) is 3.37. The van der Waals surface area contributed by atoms with Crippen molar-refractivity contribution in [2.75, 3.05) is 13.2 Å². The molecule has 5 nitrogen and oxygen atoms in total. The molecule has 1 atom stereocenters. The molecule has 0 heterocycles. The van der Waals surface area contributed by atoms with Crippen LogP contribution in [0.4, 0.5) is 0 Å². The average molecular weight is 431 g/mol. The molecule has 2 aromatic carbocycles. The van der Waals surface area contributed by atoms with Crippen LogP contribution in [0, 0.1) is 20.8 Å². The van der Waals surface area contributed by atoms with Crippen molar-refractivity contribution in [1.29, 1.82) is 0 Å². The second-order valence-electron chi connectivity index (χ2n) is 7.46. The maximum Gasteiger partial charge on any atom is 0.261 e. The second-order valence-corrected chi connectivity index (χ2v) is 7.90. The zero-order valence-electron chi connectivity index (χ0n) is 18.4. The quantitative estimate of drug-likeness (QED) is 0.633. The summed E-state index contributed by atoms with van der Waals surface area (Å²) < 4.78 is 5.89. The Morgan fingerprint density at radius 3 is 2.37 bits per heavy atom. The van der Waals surface area contributed by atoms with E-state index in [4.69, 9.17) is 16.3 Å². The number of carbonyl (C=O) groups excluding carboxylic acids is 2. The highest BCUT2D eigenvalue weighted by molar-refractivity contribution is 6.30. The maximum absolute atomic E-state index is 13.2. The molecule has 0 radical (unpaired) electrons. The molecule has 0 fully saturated rings. The number of rotatable bonds is 9. The number of nitrogens with one attached hydrogen (secondary N) is 1. The van der Waals surface area contributed by atoms with Crippen LogP contribution in [0.2, 0.25) is 5.02 Å². The number of aryl methyl sites for hydroxylation is 2. The molecule has 1 N–H and O–H groups in total. The molecule has 0 bridgehead atoms. The minimum absolute atomic E-state index is 0.132. The molecule has 0 aliphatic carbocycles. The molecule has 6 heteroatoms. The van der Waals surface area contributed by atoms with Crippen molar-refractivity contribution in [3.05, 3.63) is 63.7 Å². The van der Waals surface area contributed by atoms with Gasteiger partial charge in [0.1, 0.15) is 11.8 Å². The highest BCUT2D eigenvalue weighted by atomic mass is 35.5.